The number of nitrogen functional groups attached to an aromatic ring is 1. The second kappa shape index (κ2) is 3.65. The Morgan fingerprint density at radius 1 is 1.82 bits per heavy atom. The predicted octanol–water partition coefficient (Wildman–Crippen LogP) is 2.31. The van der Waals surface area contributed by atoms with Crippen LogP contribution in [-0.2, 0) is 0 Å². The number of thiophene rings is 1. The molecule has 1 aromatic rings. The molecule has 0 bridgehead atoms. The fraction of sp³-hybridized carbons (Fsp3) is 0.286. The van der Waals surface area contributed by atoms with Crippen molar-refractivity contribution in [3.63, 3.8) is 0 Å². The first-order valence-corrected chi connectivity index (χ1v) is 5.00. The third-order valence-corrected chi connectivity index (χ3v) is 3.27. The fourth-order valence-electron chi connectivity index (χ4n) is 0.682. The van der Waals surface area contributed by atoms with Crippen LogP contribution < -0.4 is 5.73 Å². The van der Waals surface area contributed by atoms with Crippen LogP contribution in [0, 0.1) is 11.3 Å². The Morgan fingerprint density at radius 3 is 3.00 bits per heavy atom. The summed E-state index contributed by atoms with van der Waals surface area (Å²) in [6.45, 7) is 2.08. The van der Waals surface area contributed by atoms with Crippen molar-refractivity contribution in [1.82, 2.24) is 0 Å². The lowest BCUT2D eigenvalue weighted by Gasteiger charge is -1.86. The molecule has 0 aliphatic rings. The van der Waals surface area contributed by atoms with Crippen LogP contribution in [0.4, 0.5) is 5.69 Å². The molecule has 0 aliphatic heterocycles. The Hall–Kier alpha value is -0.660. The van der Waals surface area contributed by atoms with Crippen molar-refractivity contribution in [2.24, 2.45) is 0 Å². The summed E-state index contributed by atoms with van der Waals surface area (Å²) in [4.78, 5) is 0.626. The summed E-state index contributed by atoms with van der Waals surface area (Å²) in [6, 6.07) is 3.91. The molecule has 1 aromatic heterocycles. The Bertz CT molecular complexity index is 285. The lowest BCUT2D eigenvalue weighted by molar-refractivity contribution is 1.51. The van der Waals surface area contributed by atoms with E-state index in [1.54, 1.807) is 11.8 Å². The number of anilines is 1. The number of hydrogen-bond acceptors (Lipinski definition) is 4. The molecule has 0 aromatic carbocycles. The van der Waals surface area contributed by atoms with E-state index in [1.165, 1.54) is 11.3 Å². The maximum absolute atomic E-state index is 8.57. The van der Waals surface area contributed by atoms with Crippen molar-refractivity contribution in [3.05, 3.63) is 10.9 Å². The molecule has 2 N–H and O–H groups in total. The van der Waals surface area contributed by atoms with E-state index in [2.05, 4.69) is 13.0 Å². The summed E-state index contributed by atoms with van der Waals surface area (Å²) < 4.78 is 1.13. The average molecular weight is 184 g/mol. The van der Waals surface area contributed by atoms with Crippen molar-refractivity contribution < 1.29 is 0 Å². The molecule has 0 saturated carbocycles. The van der Waals surface area contributed by atoms with Gasteiger partial charge in [-0.2, -0.15) is 5.26 Å². The second-order valence-electron chi connectivity index (χ2n) is 1.89. The lowest BCUT2D eigenvalue weighted by Crippen LogP contribution is -1.81. The van der Waals surface area contributed by atoms with Gasteiger partial charge in [0.15, 0.2) is 0 Å². The molecule has 11 heavy (non-hydrogen) atoms. The molecule has 0 atom stereocenters. The molecule has 0 fully saturated rings. The average Bonchev–Trinajstić information content (AvgIpc) is 2.32. The van der Waals surface area contributed by atoms with Crippen LogP contribution in [0.5, 0.6) is 0 Å². The smallest absolute Gasteiger partial charge is 0.128 e. The van der Waals surface area contributed by atoms with E-state index in [4.69, 9.17) is 11.0 Å². The SMILES string of the molecule is CCSc1cc(N)c(C#N)s1. The molecule has 0 aliphatic carbocycles. The molecule has 0 spiro atoms. The minimum Gasteiger partial charge on any atom is -0.397 e. The van der Waals surface area contributed by atoms with Gasteiger partial charge in [-0.15, -0.1) is 23.1 Å². The van der Waals surface area contributed by atoms with Crippen LogP contribution in [0.3, 0.4) is 0 Å². The monoisotopic (exact) mass is 184 g/mol. The van der Waals surface area contributed by atoms with E-state index < -0.39 is 0 Å². The summed E-state index contributed by atoms with van der Waals surface area (Å²) in [5.74, 6) is 1.02. The van der Waals surface area contributed by atoms with Crippen molar-refractivity contribution in [2.45, 2.75) is 11.1 Å². The molecule has 4 heteroatoms. The molecular formula is C7H8N2S2. The molecular weight excluding hydrogens is 176 g/mol. The van der Waals surface area contributed by atoms with Crippen LogP contribution in [0.2, 0.25) is 0 Å². The van der Waals surface area contributed by atoms with E-state index >= 15 is 0 Å². The Kier molecular flexibility index (Phi) is 2.80. The summed E-state index contributed by atoms with van der Waals surface area (Å²) >= 11 is 3.17. The van der Waals surface area contributed by atoms with Gasteiger partial charge in [0.05, 0.1) is 9.90 Å². The van der Waals surface area contributed by atoms with Gasteiger partial charge in [-0.1, -0.05) is 6.92 Å². The van der Waals surface area contributed by atoms with Crippen molar-refractivity contribution in [3.8, 4) is 6.07 Å². The maximum Gasteiger partial charge on any atom is 0.128 e. The summed E-state index contributed by atoms with van der Waals surface area (Å²) in [7, 11) is 0. The van der Waals surface area contributed by atoms with Gasteiger partial charge in [-0.3, -0.25) is 0 Å². The molecule has 0 amide bonds. The van der Waals surface area contributed by atoms with E-state index in [0.29, 0.717) is 10.6 Å². The summed E-state index contributed by atoms with van der Waals surface area (Å²) in [5.41, 5.74) is 6.16. The standard InChI is InChI=1S/C7H8N2S2/c1-2-10-7-3-5(9)6(4-8)11-7/h3H,2,9H2,1H3. The maximum atomic E-state index is 8.57. The van der Waals surface area contributed by atoms with Gasteiger partial charge in [0.2, 0.25) is 0 Å². The van der Waals surface area contributed by atoms with E-state index in [9.17, 15) is 0 Å². The molecule has 2 nitrogen and oxygen atoms in total. The molecule has 0 radical (unpaired) electrons. The minimum atomic E-state index is 0.605. The van der Waals surface area contributed by atoms with Gasteiger partial charge < -0.3 is 5.73 Å². The fourth-order valence-corrected chi connectivity index (χ4v) is 2.63. The predicted molar refractivity (Wildman–Crippen MR) is 49.8 cm³/mol. The Morgan fingerprint density at radius 2 is 2.55 bits per heavy atom. The quantitative estimate of drug-likeness (QED) is 0.717. The number of nitrogens with zero attached hydrogens (tertiary/aromatic N) is 1. The van der Waals surface area contributed by atoms with E-state index in [0.717, 1.165) is 9.96 Å². The third kappa shape index (κ3) is 1.88. The zero-order valence-electron chi connectivity index (χ0n) is 6.13. The minimum absolute atomic E-state index is 0.605. The lowest BCUT2D eigenvalue weighted by atomic mass is 10.4. The highest BCUT2D eigenvalue weighted by Gasteiger charge is 2.04. The van der Waals surface area contributed by atoms with Crippen molar-refractivity contribution >= 4 is 28.8 Å². The zero-order chi connectivity index (χ0) is 8.27. The highest BCUT2D eigenvalue weighted by atomic mass is 32.2. The molecule has 0 saturated heterocycles. The van der Waals surface area contributed by atoms with Crippen LogP contribution in [-0.4, -0.2) is 5.75 Å². The Labute approximate surface area is 74.0 Å². The highest BCUT2D eigenvalue weighted by Crippen LogP contribution is 2.31. The number of rotatable bonds is 2. The normalized spacial score (nSPS) is 9.45. The molecule has 1 heterocycles. The number of thioether (sulfide) groups is 1. The second-order valence-corrected chi connectivity index (χ2v) is 4.51. The van der Waals surface area contributed by atoms with Gasteiger partial charge in [0.25, 0.3) is 0 Å². The molecule has 0 unspecified atom stereocenters. The topological polar surface area (TPSA) is 49.8 Å². The number of hydrogen-bond donors (Lipinski definition) is 1. The van der Waals surface area contributed by atoms with Crippen LogP contribution in [0.1, 0.15) is 11.8 Å². The van der Waals surface area contributed by atoms with Crippen LogP contribution in [0.15, 0.2) is 10.3 Å². The van der Waals surface area contributed by atoms with Gasteiger partial charge >= 0.3 is 0 Å². The summed E-state index contributed by atoms with van der Waals surface area (Å²) in [5, 5.41) is 8.57. The van der Waals surface area contributed by atoms with Crippen LogP contribution in [0.25, 0.3) is 0 Å². The first kappa shape index (κ1) is 8.44. The van der Waals surface area contributed by atoms with Gasteiger partial charge in [0, 0.05) is 0 Å². The van der Waals surface area contributed by atoms with Gasteiger partial charge in [-0.25, -0.2) is 0 Å². The Balaban J connectivity index is 2.89. The first-order valence-electron chi connectivity index (χ1n) is 3.20. The highest BCUT2D eigenvalue weighted by molar-refractivity contribution is 8.01. The first-order chi connectivity index (χ1) is 5.27. The van der Waals surface area contributed by atoms with E-state index in [1.807, 2.05) is 6.07 Å². The van der Waals surface area contributed by atoms with Gasteiger partial charge in [0.1, 0.15) is 10.9 Å². The molecule has 58 valence electrons. The number of nitrogens with two attached hydrogens (primary N) is 1. The number of nitriles is 1. The van der Waals surface area contributed by atoms with Gasteiger partial charge in [-0.05, 0) is 11.8 Å². The van der Waals surface area contributed by atoms with Crippen LogP contribution >= 0.6 is 23.1 Å². The third-order valence-electron chi connectivity index (χ3n) is 1.13. The van der Waals surface area contributed by atoms with Crippen molar-refractivity contribution in [1.29, 1.82) is 5.26 Å². The summed E-state index contributed by atoms with van der Waals surface area (Å²) in [6.07, 6.45) is 0. The van der Waals surface area contributed by atoms with Crippen molar-refractivity contribution in [2.75, 3.05) is 11.5 Å². The zero-order valence-corrected chi connectivity index (χ0v) is 7.76. The molecule has 1 rings (SSSR count). The van der Waals surface area contributed by atoms with E-state index in [-0.39, 0.29) is 0 Å². The largest absolute Gasteiger partial charge is 0.397 e.